The highest BCUT2D eigenvalue weighted by atomic mass is 19.3. The molecule has 0 aromatic rings. The average Bonchev–Trinajstić information content (AvgIpc) is 2.10. The molecule has 84 valence electrons. The van der Waals surface area contributed by atoms with E-state index >= 15 is 0 Å². The smallest absolute Gasteiger partial charge is 0.405 e. The van der Waals surface area contributed by atoms with Gasteiger partial charge in [-0.1, -0.05) is 5.11 Å². The van der Waals surface area contributed by atoms with Gasteiger partial charge in [-0.2, -0.15) is 0 Å². The van der Waals surface area contributed by atoms with Crippen LogP contribution in [0.1, 0.15) is 19.3 Å². The van der Waals surface area contributed by atoms with Crippen molar-refractivity contribution in [3.8, 4) is 0 Å². The van der Waals surface area contributed by atoms with Gasteiger partial charge in [-0.05, 0) is 18.4 Å². The van der Waals surface area contributed by atoms with Crippen molar-refractivity contribution in [2.45, 2.75) is 37.3 Å². The van der Waals surface area contributed by atoms with E-state index in [4.69, 9.17) is 10.6 Å². The Morgan fingerprint density at radius 1 is 1.67 bits per heavy atom. The second kappa shape index (κ2) is 4.31. The molecular weight excluding hydrogens is 210 g/mol. The lowest BCUT2D eigenvalue weighted by molar-refractivity contribution is -0.0679. The maximum absolute atomic E-state index is 13.3. The molecule has 0 saturated heterocycles. The number of rotatable bonds is 2. The van der Waals surface area contributed by atoms with Crippen molar-refractivity contribution >= 4 is 6.09 Å². The number of carboxylic acid groups (broad SMARTS) is 1. The van der Waals surface area contributed by atoms with E-state index in [1.54, 1.807) is 5.32 Å². The van der Waals surface area contributed by atoms with Gasteiger partial charge < -0.3 is 10.4 Å². The lowest BCUT2D eigenvalue weighted by Gasteiger charge is -2.35. The zero-order valence-electron chi connectivity index (χ0n) is 7.73. The quantitative estimate of drug-likeness (QED) is 0.423. The Morgan fingerprint density at radius 3 is 2.87 bits per heavy atom. The van der Waals surface area contributed by atoms with Gasteiger partial charge in [0.05, 0.1) is 6.04 Å². The van der Waals surface area contributed by atoms with Crippen molar-refractivity contribution in [2.75, 3.05) is 0 Å². The third kappa shape index (κ3) is 2.69. The van der Waals surface area contributed by atoms with E-state index in [2.05, 4.69) is 10.0 Å². The van der Waals surface area contributed by atoms with Gasteiger partial charge in [0.2, 0.25) is 0 Å². The van der Waals surface area contributed by atoms with Crippen LogP contribution in [0.15, 0.2) is 5.11 Å². The maximum atomic E-state index is 13.3. The van der Waals surface area contributed by atoms with Gasteiger partial charge in [0.15, 0.2) is 0 Å². The van der Waals surface area contributed by atoms with Gasteiger partial charge in [0.1, 0.15) is 6.04 Å². The highest BCUT2D eigenvalue weighted by molar-refractivity contribution is 5.65. The third-order valence-electron chi connectivity index (χ3n) is 2.33. The molecule has 8 heteroatoms. The third-order valence-corrected chi connectivity index (χ3v) is 2.33. The predicted octanol–water partition coefficient (Wildman–Crippen LogP) is 2.12. The lowest BCUT2D eigenvalue weighted by atomic mass is 9.87. The lowest BCUT2D eigenvalue weighted by Crippen LogP contribution is -2.55. The minimum Gasteiger partial charge on any atom is -0.465 e. The number of alkyl halides is 2. The van der Waals surface area contributed by atoms with Gasteiger partial charge in [0.25, 0.3) is 5.92 Å². The molecule has 0 bridgehead atoms. The number of azide groups is 1. The zero-order chi connectivity index (χ0) is 11.5. The minimum absolute atomic E-state index is 0.217. The summed E-state index contributed by atoms with van der Waals surface area (Å²) < 4.78 is 26.6. The molecule has 0 aromatic heterocycles. The topological polar surface area (TPSA) is 98.1 Å². The van der Waals surface area contributed by atoms with E-state index in [9.17, 15) is 13.6 Å². The van der Waals surface area contributed by atoms with Gasteiger partial charge >= 0.3 is 6.09 Å². The number of nitrogens with one attached hydrogen (secondary N) is 1. The standard InChI is InChI=1S/C7H10F2N4O2/c8-7(9)3-1-2-4(12-13-10)5(7)11-6(14)15/h4-5,11H,1-3H2,(H,14,15)/t4-,5+/m0/s1. The van der Waals surface area contributed by atoms with E-state index in [0.717, 1.165) is 0 Å². The van der Waals surface area contributed by atoms with Crippen LogP contribution in [0, 0.1) is 0 Å². The number of hydrogen-bond acceptors (Lipinski definition) is 2. The van der Waals surface area contributed by atoms with Crippen LogP contribution in [0.3, 0.4) is 0 Å². The summed E-state index contributed by atoms with van der Waals surface area (Å²) in [6, 6.07) is -2.64. The Bertz CT molecular complexity index is 303. The molecule has 0 aromatic carbocycles. The Morgan fingerprint density at radius 2 is 2.33 bits per heavy atom. The Balaban J connectivity index is 2.86. The van der Waals surface area contributed by atoms with Crippen LogP contribution in [0.5, 0.6) is 0 Å². The summed E-state index contributed by atoms with van der Waals surface area (Å²) in [6.07, 6.45) is -1.45. The normalized spacial score (nSPS) is 28.9. The molecule has 1 rings (SSSR count). The van der Waals surface area contributed by atoms with E-state index in [-0.39, 0.29) is 12.8 Å². The highest BCUT2D eigenvalue weighted by Crippen LogP contribution is 2.35. The molecule has 1 aliphatic carbocycles. The molecule has 15 heavy (non-hydrogen) atoms. The van der Waals surface area contributed by atoms with Crippen LogP contribution in [0.2, 0.25) is 0 Å². The Kier molecular flexibility index (Phi) is 3.31. The molecular formula is C7H10F2N4O2. The number of carbonyl (C=O) groups is 1. The summed E-state index contributed by atoms with van der Waals surface area (Å²) in [4.78, 5) is 12.8. The fraction of sp³-hybridized carbons (Fsp3) is 0.857. The van der Waals surface area contributed by atoms with Gasteiger partial charge in [-0.3, -0.25) is 0 Å². The first-order chi connectivity index (χ1) is 6.97. The first-order valence-electron chi connectivity index (χ1n) is 4.39. The molecule has 1 saturated carbocycles. The Hall–Kier alpha value is -1.56. The summed E-state index contributed by atoms with van der Waals surface area (Å²) >= 11 is 0. The molecule has 2 N–H and O–H groups in total. The molecule has 0 radical (unpaired) electrons. The summed E-state index contributed by atoms with van der Waals surface area (Å²) in [6.45, 7) is 0. The van der Waals surface area contributed by atoms with Crippen molar-refractivity contribution in [3.63, 3.8) is 0 Å². The number of hydrogen-bond donors (Lipinski definition) is 2. The summed E-state index contributed by atoms with van der Waals surface area (Å²) in [5.41, 5.74) is 8.18. The number of halogens is 2. The number of nitrogens with zero attached hydrogens (tertiary/aromatic N) is 3. The minimum atomic E-state index is -3.16. The van der Waals surface area contributed by atoms with Gasteiger partial charge in [-0.15, -0.1) is 0 Å². The summed E-state index contributed by atoms with van der Waals surface area (Å²) in [7, 11) is 0. The molecule has 0 unspecified atom stereocenters. The van der Waals surface area contributed by atoms with E-state index in [1.165, 1.54) is 0 Å². The van der Waals surface area contributed by atoms with Gasteiger partial charge in [-0.25, -0.2) is 13.6 Å². The molecule has 2 atom stereocenters. The fourth-order valence-electron chi connectivity index (χ4n) is 1.68. The fourth-order valence-corrected chi connectivity index (χ4v) is 1.68. The molecule has 1 fully saturated rings. The molecule has 0 aliphatic heterocycles. The van der Waals surface area contributed by atoms with Crippen LogP contribution in [0.25, 0.3) is 10.4 Å². The van der Waals surface area contributed by atoms with Crippen molar-refractivity contribution in [2.24, 2.45) is 5.11 Å². The van der Waals surface area contributed by atoms with E-state index in [1.807, 2.05) is 0 Å². The monoisotopic (exact) mass is 220 g/mol. The van der Waals surface area contributed by atoms with Crippen LogP contribution >= 0.6 is 0 Å². The Labute approximate surface area is 83.9 Å². The van der Waals surface area contributed by atoms with E-state index < -0.39 is 30.5 Å². The molecule has 6 nitrogen and oxygen atoms in total. The van der Waals surface area contributed by atoms with Crippen LogP contribution in [-0.2, 0) is 0 Å². The van der Waals surface area contributed by atoms with Gasteiger partial charge in [0, 0.05) is 11.3 Å². The zero-order valence-corrected chi connectivity index (χ0v) is 7.73. The SMILES string of the molecule is [N-]=[N+]=N[C@H]1CCCC(F)(F)[C@@H]1NC(=O)O. The average molecular weight is 220 g/mol. The largest absolute Gasteiger partial charge is 0.465 e. The maximum Gasteiger partial charge on any atom is 0.405 e. The van der Waals surface area contributed by atoms with Crippen LogP contribution in [-0.4, -0.2) is 29.2 Å². The molecule has 1 amide bonds. The van der Waals surface area contributed by atoms with Crippen molar-refractivity contribution in [1.82, 2.24) is 5.32 Å². The number of amides is 1. The van der Waals surface area contributed by atoms with Crippen molar-refractivity contribution < 1.29 is 18.7 Å². The molecule has 0 heterocycles. The second-order valence-corrected chi connectivity index (χ2v) is 3.35. The van der Waals surface area contributed by atoms with Crippen LogP contribution in [0.4, 0.5) is 13.6 Å². The molecule has 0 spiro atoms. The highest BCUT2D eigenvalue weighted by Gasteiger charge is 2.47. The van der Waals surface area contributed by atoms with Crippen LogP contribution < -0.4 is 5.32 Å². The predicted molar refractivity (Wildman–Crippen MR) is 46.7 cm³/mol. The van der Waals surface area contributed by atoms with Crippen molar-refractivity contribution in [3.05, 3.63) is 10.4 Å². The van der Waals surface area contributed by atoms with Crippen molar-refractivity contribution in [1.29, 1.82) is 0 Å². The summed E-state index contributed by atoms with van der Waals surface area (Å²) in [5, 5.41) is 13.3. The summed E-state index contributed by atoms with van der Waals surface area (Å²) in [5.74, 6) is -3.16. The first kappa shape index (κ1) is 11.5. The molecule has 1 aliphatic rings. The second-order valence-electron chi connectivity index (χ2n) is 3.35. The van der Waals surface area contributed by atoms with E-state index in [0.29, 0.717) is 0 Å². The first-order valence-corrected chi connectivity index (χ1v) is 4.39.